The molecule has 2 aromatic carbocycles. The molecule has 0 radical (unpaired) electrons. The van der Waals surface area contributed by atoms with Crippen LogP contribution in [0.3, 0.4) is 0 Å². The SMILES string of the molecule is N#Cc1c(F)cccc1Oc1cccc(C(N)=O)c1. The second-order valence-electron chi connectivity index (χ2n) is 3.72. The van der Waals surface area contributed by atoms with Gasteiger partial charge in [-0.1, -0.05) is 12.1 Å². The summed E-state index contributed by atoms with van der Waals surface area (Å²) in [5.74, 6) is -0.862. The number of primary amides is 1. The Morgan fingerprint density at radius 1 is 1.26 bits per heavy atom. The van der Waals surface area contributed by atoms with Gasteiger partial charge in [-0.25, -0.2) is 4.39 Å². The van der Waals surface area contributed by atoms with Crippen LogP contribution >= 0.6 is 0 Å². The van der Waals surface area contributed by atoms with Crippen molar-refractivity contribution in [3.8, 4) is 17.6 Å². The van der Waals surface area contributed by atoms with Gasteiger partial charge in [-0.3, -0.25) is 4.79 Å². The standard InChI is InChI=1S/C14H9FN2O2/c15-12-5-2-6-13(11(12)8-16)19-10-4-1-3-9(7-10)14(17)18/h1-7H,(H2,17,18). The number of hydrogen-bond donors (Lipinski definition) is 1. The number of halogens is 1. The quantitative estimate of drug-likeness (QED) is 0.916. The Kier molecular flexibility index (Phi) is 3.44. The maximum atomic E-state index is 13.4. The van der Waals surface area contributed by atoms with Crippen LogP contribution in [0.2, 0.25) is 0 Å². The lowest BCUT2D eigenvalue weighted by atomic mass is 10.2. The monoisotopic (exact) mass is 256 g/mol. The summed E-state index contributed by atoms with van der Waals surface area (Å²) in [4.78, 5) is 11.0. The predicted octanol–water partition coefficient (Wildman–Crippen LogP) is 2.59. The number of rotatable bonds is 3. The summed E-state index contributed by atoms with van der Waals surface area (Å²) in [5, 5.41) is 8.88. The van der Waals surface area contributed by atoms with Crippen molar-refractivity contribution in [2.45, 2.75) is 0 Å². The minimum absolute atomic E-state index is 0.0871. The number of nitriles is 1. The van der Waals surface area contributed by atoms with Crippen LogP contribution < -0.4 is 10.5 Å². The lowest BCUT2D eigenvalue weighted by Crippen LogP contribution is -2.10. The molecule has 4 nitrogen and oxygen atoms in total. The van der Waals surface area contributed by atoms with Gasteiger partial charge in [-0.15, -0.1) is 0 Å². The molecule has 0 aliphatic heterocycles. The number of carbonyl (C=O) groups is 1. The van der Waals surface area contributed by atoms with E-state index in [1.54, 1.807) is 18.2 Å². The number of nitrogens with zero attached hydrogens (tertiary/aromatic N) is 1. The third kappa shape index (κ3) is 2.69. The average Bonchev–Trinajstić information content (AvgIpc) is 2.39. The molecule has 0 aliphatic carbocycles. The van der Waals surface area contributed by atoms with Crippen LogP contribution in [0, 0.1) is 17.1 Å². The highest BCUT2D eigenvalue weighted by atomic mass is 19.1. The maximum Gasteiger partial charge on any atom is 0.248 e. The van der Waals surface area contributed by atoms with Gasteiger partial charge in [0.2, 0.25) is 5.91 Å². The van der Waals surface area contributed by atoms with Crippen molar-refractivity contribution in [1.29, 1.82) is 5.26 Å². The van der Waals surface area contributed by atoms with Crippen LogP contribution in [0.1, 0.15) is 15.9 Å². The molecule has 94 valence electrons. The first-order valence-electron chi connectivity index (χ1n) is 5.38. The summed E-state index contributed by atoms with van der Waals surface area (Å²) >= 11 is 0. The summed E-state index contributed by atoms with van der Waals surface area (Å²) in [6.07, 6.45) is 0. The van der Waals surface area contributed by atoms with Crippen molar-refractivity contribution in [3.05, 3.63) is 59.4 Å². The molecule has 0 unspecified atom stereocenters. The fourth-order valence-electron chi connectivity index (χ4n) is 1.54. The van der Waals surface area contributed by atoms with Crippen LogP contribution in [0.4, 0.5) is 4.39 Å². The van der Waals surface area contributed by atoms with Crippen LogP contribution in [0.25, 0.3) is 0 Å². The van der Waals surface area contributed by atoms with Gasteiger partial charge >= 0.3 is 0 Å². The van der Waals surface area contributed by atoms with E-state index in [1.165, 1.54) is 30.3 Å². The van der Waals surface area contributed by atoms with E-state index in [0.717, 1.165) is 0 Å². The molecule has 0 fully saturated rings. The van der Waals surface area contributed by atoms with Crippen LogP contribution in [0.5, 0.6) is 11.5 Å². The lowest BCUT2D eigenvalue weighted by molar-refractivity contribution is 0.1000. The van der Waals surface area contributed by atoms with Crippen molar-refractivity contribution in [2.75, 3.05) is 0 Å². The summed E-state index contributed by atoms with van der Waals surface area (Å²) in [6.45, 7) is 0. The van der Waals surface area contributed by atoms with Gasteiger partial charge in [-0.2, -0.15) is 5.26 Å². The van der Waals surface area contributed by atoms with E-state index in [2.05, 4.69) is 0 Å². The van der Waals surface area contributed by atoms with Gasteiger partial charge in [0, 0.05) is 5.56 Å². The third-order valence-corrected chi connectivity index (χ3v) is 2.43. The van der Waals surface area contributed by atoms with Gasteiger partial charge < -0.3 is 10.5 Å². The first-order valence-corrected chi connectivity index (χ1v) is 5.38. The zero-order valence-corrected chi connectivity index (χ0v) is 9.76. The van der Waals surface area contributed by atoms with Gasteiger partial charge in [-0.05, 0) is 30.3 Å². The Bertz CT molecular complexity index is 677. The van der Waals surface area contributed by atoms with Crippen molar-refractivity contribution < 1.29 is 13.9 Å². The van der Waals surface area contributed by atoms with Crippen molar-refractivity contribution in [3.63, 3.8) is 0 Å². The largest absolute Gasteiger partial charge is 0.456 e. The van der Waals surface area contributed by atoms with Crippen LogP contribution in [-0.2, 0) is 0 Å². The topological polar surface area (TPSA) is 76.1 Å². The molecular weight excluding hydrogens is 247 g/mol. The second-order valence-corrected chi connectivity index (χ2v) is 3.72. The number of benzene rings is 2. The van der Waals surface area contributed by atoms with Gasteiger partial charge in [0.05, 0.1) is 0 Å². The molecule has 0 spiro atoms. The molecule has 0 saturated carbocycles. The van der Waals surface area contributed by atoms with Crippen LogP contribution in [-0.4, -0.2) is 5.91 Å². The van der Waals surface area contributed by atoms with E-state index in [9.17, 15) is 9.18 Å². The van der Waals surface area contributed by atoms with Gasteiger partial charge in [0.15, 0.2) is 0 Å². The first kappa shape index (κ1) is 12.6. The molecule has 0 aromatic heterocycles. The first-order chi connectivity index (χ1) is 9.11. The fraction of sp³-hybridized carbons (Fsp3) is 0. The van der Waals surface area contributed by atoms with Crippen LogP contribution in [0.15, 0.2) is 42.5 Å². The molecule has 2 rings (SSSR count). The summed E-state index contributed by atoms with van der Waals surface area (Å²) in [7, 11) is 0. The Morgan fingerprint density at radius 2 is 2.00 bits per heavy atom. The van der Waals surface area contributed by atoms with E-state index < -0.39 is 11.7 Å². The Labute approximate surface area is 108 Å². The van der Waals surface area contributed by atoms with Gasteiger partial charge in [0.25, 0.3) is 0 Å². The number of nitrogens with two attached hydrogens (primary N) is 1. The molecule has 2 aromatic rings. The highest BCUT2D eigenvalue weighted by molar-refractivity contribution is 5.93. The summed E-state index contributed by atoms with van der Waals surface area (Å²) in [6, 6.07) is 11.9. The molecular formula is C14H9FN2O2. The van der Waals surface area contributed by atoms with Crippen molar-refractivity contribution >= 4 is 5.91 Å². The number of carbonyl (C=O) groups excluding carboxylic acids is 1. The Hall–Kier alpha value is -2.87. The van der Waals surface area contributed by atoms with Gasteiger partial charge in [0.1, 0.15) is 28.9 Å². The molecule has 0 bridgehead atoms. The molecule has 5 heteroatoms. The highest BCUT2D eigenvalue weighted by Gasteiger charge is 2.10. The maximum absolute atomic E-state index is 13.4. The number of ether oxygens (including phenoxy) is 1. The molecule has 0 heterocycles. The van der Waals surface area contributed by atoms with E-state index in [-0.39, 0.29) is 16.9 Å². The van der Waals surface area contributed by atoms with E-state index in [4.69, 9.17) is 15.7 Å². The molecule has 0 atom stereocenters. The fourth-order valence-corrected chi connectivity index (χ4v) is 1.54. The zero-order chi connectivity index (χ0) is 13.8. The average molecular weight is 256 g/mol. The molecule has 2 N–H and O–H groups in total. The van der Waals surface area contributed by atoms with E-state index >= 15 is 0 Å². The zero-order valence-electron chi connectivity index (χ0n) is 9.76. The third-order valence-electron chi connectivity index (χ3n) is 2.43. The van der Waals surface area contributed by atoms with E-state index in [1.807, 2.05) is 0 Å². The smallest absolute Gasteiger partial charge is 0.248 e. The summed E-state index contributed by atoms with van der Waals surface area (Å²) < 4.78 is 18.8. The van der Waals surface area contributed by atoms with E-state index in [0.29, 0.717) is 5.75 Å². The minimum atomic E-state index is -0.661. The number of amides is 1. The molecule has 1 amide bonds. The second kappa shape index (κ2) is 5.19. The molecule has 19 heavy (non-hydrogen) atoms. The minimum Gasteiger partial charge on any atom is -0.456 e. The van der Waals surface area contributed by atoms with Crippen molar-refractivity contribution in [2.24, 2.45) is 5.73 Å². The Balaban J connectivity index is 2.37. The normalized spacial score (nSPS) is 9.68. The highest BCUT2D eigenvalue weighted by Crippen LogP contribution is 2.27. The molecule has 0 aliphatic rings. The lowest BCUT2D eigenvalue weighted by Gasteiger charge is -2.08. The molecule has 0 saturated heterocycles. The summed E-state index contributed by atoms with van der Waals surface area (Å²) in [5.41, 5.74) is 5.23. The predicted molar refractivity (Wildman–Crippen MR) is 66.1 cm³/mol. The Morgan fingerprint density at radius 3 is 2.68 bits per heavy atom. The number of hydrogen-bond acceptors (Lipinski definition) is 3. The van der Waals surface area contributed by atoms with Crippen molar-refractivity contribution in [1.82, 2.24) is 0 Å².